The first kappa shape index (κ1) is 14.9. The van der Waals surface area contributed by atoms with Crippen LogP contribution in [0.5, 0.6) is 0 Å². The summed E-state index contributed by atoms with van der Waals surface area (Å²) in [6.45, 7) is 1.41. The van der Waals surface area contributed by atoms with Crippen LogP contribution in [0.2, 0.25) is 0 Å². The summed E-state index contributed by atoms with van der Waals surface area (Å²) in [5, 5.41) is -0.857. The van der Waals surface area contributed by atoms with Crippen molar-refractivity contribution in [2.24, 2.45) is 0 Å². The van der Waals surface area contributed by atoms with Crippen LogP contribution in [-0.2, 0) is 28.9 Å². The maximum Gasteiger partial charge on any atom is 0.306 e. The molecule has 16 heavy (non-hydrogen) atoms. The minimum Gasteiger partial charge on any atom is -0.469 e. The normalized spacial score (nSPS) is 12.9. The van der Waals surface area contributed by atoms with E-state index in [1.54, 1.807) is 0 Å². The van der Waals surface area contributed by atoms with E-state index in [0.29, 0.717) is 0 Å². The summed E-state index contributed by atoms with van der Waals surface area (Å²) < 4.78 is 31.9. The van der Waals surface area contributed by atoms with Gasteiger partial charge in [0.05, 0.1) is 38.1 Å². The molecule has 0 heterocycles. The molecule has 0 aromatic carbocycles. The molecule has 0 saturated carbocycles. The second-order valence-corrected chi connectivity index (χ2v) is 5.82. The van der Waals surface area contributed by atoms with Gasteiger partial charge in [-0.3, -0.25) is 9.59 Å². The Morgan fingerprint density at radius 3 is 2.06 bits per heavy atom. The number of methoxy groups -OCH3 is 2. The third-order valence-electron chi connectivity index (χ3n) is 2.11. The maximum absolute atomic E-state index is 11.6. The Balaban J connectivity index is 4.32. The number of rotatable bonds is 6. The molecule has 6 nitrogen and oxygen atoms in total. The third-order valence-corrected chi connectivity index (χ3v) is 4.28. The topological polar surface area (TPSA) is 86.7 Å². The Morgan fingerprint density at radius 1 is 1.12 bits per heavy atom. The highest BCUT2D eigenvalue weighted by Crippen LogP contribution is 2.09. The van der Waals surface area contributed by atoms with Crippen LogP contribution in [0, 0.1) is 0 Å². The van der Waals surface area contributed by atoms with Crippen LogP contribution < -0.4 is 0 Å². The number of hydrogen-bond donors (Lipinski definition) is 0. The molecule has 1 atom stereocenters. The van der Waals surface area contributed by atoms with Gasteiger partial charge in [-0.2, -0.15) is 0 Å². The van der Waals surface area contributed by atoms with Gasteiger partial charge >= 0.3 is 11.9 Å². The van der Waals surface area contributed by atoms with Gasteiger partial charge in [0, 0.05) is 0 Å². The standard InChI is InChI=1S/C9H16O6S/c1-7(6-9(11)15-3)16(12,13)5-4-8(10)14-2/h7H,4-6H2,1-3H3. The van der Waals surface area contributed by atoms with Crippen molar-refractivity contribution in [1.29, 1.82) is 0 Å². The van der Waals surface area contributed by atoms with Crippen LogP contribution in [0.4, 0.5) is 0 Å². The number of carbonyl (C=O) groups excluding carboxylic acids is 2. The average Bonchev–Trinajstić information content (AvgIpc) is 2.25. The average molecular weight is 252 g/mol. The van der Waals surface area contributed by atoms with Crippen LogP contribution in [0.1, 0.15) is 19.8 Å². The van der Waals surface area contributed by atoms with Crippen LogP contribution >= 0.6 is 0 Å². The first-order valence-electron chi connectivity index (χ1n) is 4.68. The first-order chi connectivity index (χ1) is 7.33. The molecule has 0 rings (SSSR count). The van der Waals surface area contributed by atoms with Gasteiger partial charge in [-0.1, -0.05) is 0 Å². The zero-order chi connectivity index (χ0) is 12.8. The Hall–Kier alpha value is -1.11. The van der Waals surface area contributed by atoms with Gasteiger partial charge in [0.2, 0.25) is 0 Å². The molecule has 0 spiro atoms. The van der Waals surface area contributed by atoms with E-state index in [4.69, 9.17) is 0 Å². The molecule has 0 aromatic rings. The van der Waals surface area contributed by atoms with E-state index in [1.807, 2.05) is 0 Å². The molecule has 7 heteroatoms. The quantitative estimate of drug-likeness (QED) is 0.614. The van der Waals surface area contributed by atoms with E-state index in [9.17, 15) is 18.0 Å². The monoisotopic (exact) mass is 252 g/mol. The van der Waals surface area contributed by atoms with Gasteiger partial charge in [0.1, 0.15) is 0 Å². The molecular formula is C9H16O6S. The van der Waals surface area contributed by atoms with Crippen LogP contribution in [0.25, 0.3) is 0 Å². The van der Waals surface area contributed by atoms with Gasteiger partial charge in [0.25, 0.3) is 0 Å². The molecule has 0 saturated heterocycles. The summed E-state index contributed by atoms with van der Waals surface area (Å²) >= 11 is 0. The molecule has 94 valence electrons. The molecule has 0 aliphatic carbocycles. The molecule has 0 aromatic heterocycles. The summed E-state index contributed by atoms with van der Waals surface area (Å²) in [7, 11) is -1.09. The molecule has 0 aliphatic heterocycles. The Morgan fingerprint density at radius 2 is 1.62 bits per heavy atom. The lowest BCUT2D eigenvalue weighted by molar-refractivity contribution is -0.141. The third kappa shape index (κ3) is 5.11. The molecule has 1 unspecified atom stereocenters. The highest BCUT2D eigenvalue weighted by Gasteiger charge is 2.24. The van der Waals surface area contributed by atoms with Gasteiger partial charge in [-0.25, -0.2) is 8.42 Å². The minimum atomic E-state index is -3.47. The van der Waals surface area contributed by atoms with Crippen molar-refractivity contribution in [1.82, 2.24) is 0 Å². The van der Waals surface area contributed by atoms with E-state index in [-0.39, 0.29) is 18.6 Å². The predicted molar refractivity (Wildman–Crippen MR) is 56.5 cm³/mol. The smallest absolute Gasteiger partial charge is 0.306 e. The van der Waals surface area contributed by atoms with Crippen LogP contribution in [0.15, 0.2) is 0 Å². The summed E-state index contributed by atoms with van der Waals surface area (Å²) in [4.78, 5) is 21.7. The number of carbonyl (C=O) groups is 2. The van der Waals surface area contributed by atoms with Crippen molar-refractivity contribution >= 4 is 21.8 Å². The molecular weight excluding hydrogens is 236 g/mol. The molecule has 0 amide bonds. The van der Waals surface area contributed by atoms with Crippen molar-refractivity contribution in [3.05, 3.63) is 0 Å². The highest BCUT2D eigenvalue weighted by atomic mass is 32.2. The van der Waals surface area contributed by atoms with E-state index < -0.39 is 27.0 Å². The van der Waals surface area contributed by atoms with E-state index in [0.717, 1.165) is 0 Å². The zero-order valence-electron chi connectivity index (χ0n) is 9.56. The lowest BCUT2D eigenvalue weighted by Crippen LogP contribution is -2.25. The van der Waals surface area contributed by atoms with E-state index in [2.05, 4.69) is 9.47 Å². The number of hydrogen-bond acceptors (Lipinski definition) is 6. The van der Waals surface area contributed by atoms with Crippen molar-refractivity contribution in [3.8, 4) is 0 Å². The molecule has 0 radical (unpaired) electrons. The molecule has 0 bridgehead atoms. The maximum atomic E-state index is 11.6. The van der Waals surface area contributed by atoms with Crippen LogP contribution in [0.3, 0.4) is 0 Å². The number of ether oxygens (including phenoxy) is 2. The second kappa shape index (κ2) is 6.47. The fraction of sp³-hybridized carbons (Fsp3) is 0.778. The first-order valence-corrected chi connectivity index (χ1v) is 6.40. The van der Waals surface area contributed by atoms with Gasteiger partial charge < -0.3 is 9.47 Å². The van der Waals surface area contributed by atoms with Gasteiger partial charge in [-0.15, -0.1) is 0 Å². The lowest BCUT2D eigenvalue weighted by Gasteiger charge is -2.10. The summed E-state index contributed by atoms with van der Waals surface area (Å²) in [5.74, 6) is -1.50. The largest absolute Gasteiger partial charge is 0.469 e. The molecule has 0 fully saturated rings. The van der Waals surface area contributed by atoms with Crippen molar-refractivity contribution < 1.29 is 27.5 Å². The van der Waals surface area contributed by atoms with Crippen molar-refractivity contribution in [3.63, 3.8) is 0 Å². The SMILES string of the molecule is COC(=O)CCS(=O)(=O)C(C)CC(=O)OC. The fourth-order valence-corrected chi connectivity index (χ4v) is 2.22. The van der Waals surface area contributed by atoms with Gasteiger partial charge in [0.15, 0.2) is 9.84 Å². The highest BCUT2D eigenvalue weighted by molar-refractivity contribution is 7.92. The zero-order valence-corrected chi connectivity index (χ0v) is 10.4. The van der Waals surface area contributed by atoms with Crippen molar-refractivity contribution in [2.75, 3.05) is 20.0 Å². The van der Waals surface area contributed by atoms with E-state index >= 15 is 0 Å². The van der Waals surface area contributed by atoms with Crippen molar-refractivity contribution in [2.45, 2.75) is 25.0 Å². The summed E-state index contributed by atoms with van der Waals surface area (Å²) in [5.41, 5.74) is 0. The number of sulfone groups is 1. The predicted octanol–water partition coefficient (Wildman–Crippen LogP) is -0.0841. The Bertz CT molecular complexity index is 345. The Labute approximate surface area is 94.8 Å². The lowest BCUT2D eigenvalue weighted by atomic mass is 10.3. The van der Waals surface area contributed by atoms with Gasteiger partial charge in [-0.05, 0) is 6.92 Å². The summed E-state index contributed by atoms with van der Waals surface area (Å²) in [6, 6.07) is 0. The van der Waals surface area contributed by atoms with E-state index in [1.165, 1.54) is 21.1 Å². The fourth-order valence-electron chi connectivity index (χ4n) is 0.974. The van der Waals surface area contributed by atoms with Crippen LogP contribution in [-0.4, -0.2) is 45.6 Å². The molecule has 0 aliphatic rings. The minimum absolute atomic E-state index is 0.204. The molecule has 0 N–H and O–H groups in total. The summed E-state index contributed by atoms with van der Waals surface area (Å²) in [6.07, 6.45) is -0.412. The Kier molecular flexibility index (Phi) is 6.02. The second-order valence-electron chi connectivity index (χ2n) is 3.28. The number of esters is 2.